The number of nitrogens with one attached hydrogen (secondary N) is 4. The van der Waals surface area contributed by atoms with Crippen LogP contribution in [0.5, 0.6) is 0 Å². The zero-order valence-corrected chi connectivity index (χ0v) is 33.1. The normalized spacial score (nSPS) is 16.1. The van der Waals surface area contributed by atoms with Crippen molar-refractivity contribution in [1.29, 1.82) is 0 Å². The highest BCUT2D eigenvalue weighted by Gasteiger charge is 2.40. The van der Waals surface area contributed by atoms with Gasteiger partial charge in [-0.25, -0.2) is 0 Å². The van der Waals surface area contributed by atoms with Crippen LogP contribution in [-0.4, -0.2) is 156 Å². The molecule has 0 bridgehead atoms. The van der Waals surface area contributed by atoms with E-state index in [0.717, 1.165) is 12.8 Å². The molecule has 0 heterocycles. The molecule has 2 aliphatic carbocycles. The average molecular weight is 791 g/mol. The maximum Gasteiger partial charge on any atom is 0.225 e. The Balaban J connectivity index is 1.25. The number of fused-ring (bicyclic) bond motifs is 2. The fourth-order valence-corrected chi connectivity index (χ4v) is 5.72. The van der Waals surface area contributed by atoms with Crippen molar-refractivity contribution < 1.29 is 57.1 Å². The SMILES string of the molecule is COCCOCCOCCOCCCNCCC(=O)NC1=CC2C(=O)c3ccc(NC(=O)CCNCCCOCCOCCOCCOC)cc3C(=O)C2C=C1. The number of anilines is 1. The third-order valence-corrected chi connectivity index (χ3v) is 8.65. The monoisotopic (exact) mass is 790 g/mol. The molecule has 0 aromatic heterocycles. The minimum absolute atomic E-state index is 0.195. The van der Waals surface area contributed by atoms with Crippen molar-refractivity contribution in [3.05, 3.63) is 53.3 Å². The molecule has 0 saturated carbocycles. The van der Waals surface area contributed by atoms with E-state index in [1.54, 1.807) is 50.6 Å². The van der Waals surface area contributed by atoms with Crippen molar-refractivity contribution in [3.63, 3.8) is 0 Å². The van der Waals surface area contributed by atoms with Gasteiger partial charge in [0.25, 0.3) is 0 Å². The van der Waals surface area contributed by atoms with Gasteiger partial charge in [-0.2, -0.15) is 0 Å². The van der Waals surface area contributed by atoms with Crippen LogP contribution in [-0.2, 0) is 47.5 Å². The molecule has 16 nitrogen and oxygen atoms in total. The molecule has 56 heavy (non-hydrogen) atoms. The van der Waals surface area contributed by atoms with Crippen molar-refractivity contribution in [2.45, 2.75) is 25.7 Å². The number of methoxy groups -OCH3 is 2. The molecule has 0 aliphatic heterocycles. The molecule has 16 heteroatoms. The van der Waals surface area contributed by atoms with Gasteiger partial charge in [0.05, 0.1) is 91.1 Å². The van der Waals surface area contributed by atoms with E-state index in [1.807, 2.05) is 0 Å². The van der Waals surface area contributed by atoms with Gasteiger partial charge in [-0.3, -0.25) is 19.2 Å². The fourth-order valence-electron chi connectivity index (χ4n) is 5.72. The molecule has 0 saturated heterocycles. The van der Waals surface area contributed by atoms with Crippen molar-refractivity contribution >= 4 is 29.1 Å². The maximum atomic E-state index is 13.5. The molecule has 2 amide bonds. The molecule has 0 fully saturated rings. The second-order valence-electron chi connectivity index (χ2n) is 13.0. The van der Waals surface area contributed by atoms with Crippen LogP contribution in [0.2, 0.25) is 0 Å². The van der Waals surface area contributed by atoms with Crippen LogP contribution in [0.15, 0.2) is 42.1 Å². The van der Waals surface area contributed by atoms with E-state index >= 15 is 0 Å². The third-order valence-electron chi connectivity index (χ3n) is 8.65. The van der Waals surface area contributed by atoms with Gasteiger partial charge in [0.15, 0.2) is 11.6 Å². The predicted molar refractivity (Wildman–Crippen MR) is 209 cm³/mol. The fraction of sp³-hybridized carbons (Fsp3) is 0.650. The Labute approximate surface area is 330 Å². The van der Waals surface area contributed by atoms with Crippen LogP contribution in [0, 0.1) is 11.8 Å². The highest BCUT2D eigenvalue weighted by molar-refractivity contribution is 6.18. The van der Waals surface area contributed by atoms with Gasteiger partial charge in [-0.05, 0) is 56.3 Å². The summed E-state index contributed by atoms with van der Waals surface area (Å²) in [7, 11) is 3.26. The third kappa shape index (κ3) is 19.1. The number of rotatable bonds is 34. The number of ketones is 2. The van der Waals surface area contributed by atoms with Gasteiger partial charge in [0.1, 0.15) is 0 Å². The molecule has 2 atom stereocenters. The van der Waals surface area contributed by atoms with Gasteiger partial charge in [-0.15, -0.1) is 0 Å². The highest BCUT2D eigenvalue weighted by atomic mass is 16.6. The van der Waals surface area contributed by atoms with Crippen molar-refractivity contribution in [1.82, 2.24) is 16.0 Å². The number of ether oxygens (including phenoxy) is 8. The number of benzene rings is 1. The van der Waals surface area contributed by atoms with Gasteiger partial charge >= 0.3 is 0 Å². The molecule has 3 rings (SSSR count). The summed E-state index contributed by atoms with van der Waals surface area (Å²) in [6.45, 7) is 9.88. The van der Waals surface area contributed by atoms with Crippen LogP contribution < -0.4 is 21.3 Å². The summed E-state index contributed by atoms with van der Waals surface area (Å²) < 4.78 is 42.4. The first-order valence-electron chi connectivity index (χ1n) is 19.5. The van der Waals surface area contributed by atoms with Gasteiger partial charge in [0, 0.05) is 75.9 Å². The molecule has 0 radical (unpaired) electrons. The second kappa shape index (κ2) is 29.8. The Morgan fingerprint density at radius 1 is 0.554 bits per heavy atom. The largest absolute Gasteiger partial charge is 0.382 e. The van der Waals surface area contributed by atoms with E-state index in [2.05, 4.69) is 21.3 Å². The van der Waals surface area contributed by atoms with Crippen molar-refractivity contribution in [3.8, 4) is 0 Å². The van der Waals surface area contributed by atoms with E-state index in [4.69, 9.17) is 37.9 Å². The zero-order valence-electron chi connectivity index (χ0n) is 33.1. The zero-order chi connectivity index (χ0) is 40.1. The Bertz CT molecular complexity index is 1370. The lowest BCUT2D eigenvalue weighted by molar-refractivity contribution is -0.120. The second-order valence-corrected chi connectivity index (χ2v) is 13.0. The molecule has 314 valence electrons. The van der Waals surface area contributed by atoms with E-state index in [0.29, 0.717) is 136 Å². The van der Waals surface area contributed by atoms with Crippen LogP contribution >= 0.6 is 0 Å². The number of allylic oxidation sites excluding steroid dienone is 3. The minimum atomic E-state index is -0.713. The number of carbonyl (C=O) groups is 4. The van der Waals surface area contributed by atoms with Crippen LogP contribution in [0.3, 0.4) is 0 Å². The summed E-state index contributed by atoms with van der Waals surface area (Å²) >= 11 is 0. The summed E-state index contributed by atoms with van der Waals surface area (Å²) in [5.74, 6) is -2.20. The number of hydrogen-bond acceptors (Lipinski definition) is 14. The smallest absolute Gasteiger partial charge is 0.225 e. The Hall–Kier alpha value is -3.42. The summed E-state index contributed by atoms with van der Waals surface area (Å²) in [6.07, 6.45) is 7.08. The van der Waals surface area contributed by atoms with Gasteiger partial charge in [0.2, 0.25) is 11.8 Å². The average Bonchev–Trinajstić information content (AvgIpc) is 3.19. The van der Waals surface area contributed by atoms with Crippen LogP contribution in [0.1, 0.15) is 46.4 Å². The first-order valence-corrected chi connectivity index (χ1v) is 19.5. The molecule has 2 aliphatic rings. The molecule has 1 aromatic rings. The lowest BCUT2D eigenvalue weighted by atomic mass is 9.72. The molecular formula is C40H62N4O12. The number of hydrogen-bond donors (Lipinski definition) is 4. The summed E-state index contributed by atoms with van der Waals surface area (Å²) in [4.78, 5) is 52.1. The standard InChI is InChI=1S/C40H62N4O12/c1-49-17-19-53-25-27-55-23-21-51-15-3-11-41-13-9-37(45)43-31-5-7-33-35(29-31)39(47)34-8-6-32(30-36(34)40(33)48)44-38(46)10-14-42-12-4-16-52-22-24-56-28-26-54-20-18-50-2/h5-8,29-30,33,35,41-42H,3-4,9-28H2,1-2H3,(H,43,45)(H,44,46). The summed E-state index contributed by atoms with van der Waals surface area (Å²) in [5.41, 5.74) is 1.53. The number of carbonyl (C=O) groups excluding carboxylic acids is 4. The maximum absolute atomic E-state index is 13.5. The topological polar surface area (TPSA) is 190 Å². The highest BCUT2D eigenvalue weighted by Crippen LogP contribution is 2.36. The minimum Gasteiger partial charge on any atom is -0.382 e. The van der Waals surface area contributed by atoms with Crippen LogP contribution in [0.4, 0.5) is 5.69 Å². The molecular weight excluding hydrogens is 728 g/mol. The lowest BCUT2D eigenvalue weighted by Crippen LogP contribution is -2.37. The van der Waals surface area contributed by atoms with E-state index in [-0.39, 0.29) is 41.8 Å². The molecule has 4 N–H and O–H groups in total. The quantitative estimate of drug-likeness (QED) is 0.0742. The first kappa shape index (κ1) is 47.0. The van der Waals surface area contributed by atoms with Crippen molar-refractivity contribution in [2.24, 2.45) is 11.8 Å². The molecule has 1 aromatic carbocycles. The molecule has 2 unspecified atom stereocenters. The first-order chi connectivity index (χ1) is 27.4. The van der Waals surface area contributed by atoms with E-state index in [1.165, 1.54) is 0 Å². The van der Waals surface area contributed by atoms with Gasteiger partial charge < -0.3 is 59.2 Å². The van der Waals surface area contributed by atoms with Crippen molar-refractivity contribution in [2.75, 3.05) is 138 Å². The number of Topliss-reactive ketones (excluding diaryl/α,β-unsaturated/α-hetero) is 2. The lowest BCUT2D eigenvalue weighted by Gasteiger charge is -2.30. The predicted octanol–water partition coefficient (Wildman–Crippen LogP) is 1.94. The van der Waals surface area contributed by atoms with E-state index < -0.39 is 11.8 Å². The molecule has 0 spiro atoms. The Kier molecular flexibility index (Phi) is 25.0. The summed E-state index contributed by atoms with van der Waals surface area (Å²) in [6, 6.07) is 4.78. The van der Waals surface area contributed by atoms with E-state index in [9.17, 15) is 19.2 Å². The number of amides is 2. The summed E-state index contributed by atoms with van der Waals surface area (Å²) in [5, 5.41) is 12.1. The Morgan fingerprint density at radius 2 is 1.02 bits per heavy atom. The van der Waals surface area contributed by atoms with Crippen LogP contribution in [0.25, 0.3) is 0 Å². The Morgan fingerprint density at radius 3 is 1.54 bits per heavy atom. The van der Waals surface area contributed by atoms with Gasteiger partial charge in [-0.1, -0.05) is 6.08 Å².